The number of benzene rings is 1. The highest BCUT2D eigenvalue weighted by atomic mass is 35.5. The van der Waals surface area contributed by atoms with Crippen LogP contribution in [0.1, 0.15) is 10.4 Å². The molecule has 1 heterocycles. The number of rotatable bonds is 5. The zero-order chi connectivity index (χ0) is 16.7. The summed E-state index contributed by atoms with van der Waals surface area (Å²) in [7, 11) is 0. The number of carbonyl (C=O) groups excluding carboxylic acids is 1. The summed E-state index contributed by atoms with van der Waals surface area (Å²) < 4.78 is 5.52. The van der Waals surface area contributed by atoms with Crippen molar-refractivity contribution < 1.29 is 19.4 Å². The molecule has 3 atom stereocenters. The minimum atomic E-state index is -0.937. The predicted octanol–water partition coefficient (Wildman–Crippen LogP) is 3.60. The lowest BCUT2D eigenvalue weighted by molar-refractivity contribution is 0.0931. The Morgan fingerprint density at radius 1 is 1.30 bits per heavy atom. The maximum atomic E-state index is 12.8. The van der Waals surface area contributed by atoms with Crippen molar-refractivity contribution in [2.75, 3.05) is 19.7 Å². The molecule has 23 heavy (non-hydrogen) atoms. The number of halogens is 2. The Morgan fingerprint density at radius 3 is 2.48 bits per heavy atom. The Labute approximate surface area is 143 Å². The van der Waals surface area contributed by atoms with Crippen LogP contribution in [0.2, 0.25) is 10.0 Å². The van der Waals surface area contributed by atoms with E-state index in [9.17, 15) is 9.59 Å². The standard InChI is InChI=1S/C16H15Cl2NO4/c1-2-3-23-13-5-12(18)11(17)4-8(13)15(20)14-9-6-19(16(21)22)7-10(9)14/h2,4-5,9-10,14H,1,3,6-7H2,(H,21,22)/t9-,10+,14?. The van der Waals surface area contributed by atoms with E-state index in [1.54, 1.807) is 6.08 Å². The summed E-state index contributed by atoms with van der Waals surface area (Å²) >= 11 is 12.0. The van der Waals surface area contributed by atoms with E-state index in [0.717, 1.165) is 0 Å². The first-order chi connectivity index (χ1) is 10.9. The number of piperidine rings is 1. The first kappa shape index (κ1) is 16.1. The summed E-state index contributed by atoms with van der Waals surface area (Å²) in [5, 5.41) is 9.59. The van der Waals surface area contributed by atoms with Crippen LogP contribution in [0.3, 0.4) is 0 Å². The normalized spacial score (nSPS) is 25.0. The van der Waals surface area contributed by atoms with Crippen molar-refractivity contribution in [3.63, 3.8) is 0 Å². The third-order valence-corrected chi connectivity index (χ3v) is 5.13. The summed E-state index contributed by atoms with van der Waals surface area (Å²) in [6, 6.07) is 3.05. The van der Waals surface area contributed by atoms with Gasteiger partial charge in [-0.3, -0.25) is 4.79 Å². The van der Waals surface area contributed by atoms with E-state index in [-0.39, 0.29) is 30.1 Å². The van der Waals surface area contributed by atoms with E-state index in [2.05, 4.69) is 6.58 Å². The molecular weight excluding hydrogens is 341 g/mol. The predicted molar refractivity (Wildman–Crippen MR) is 86.6 cm³/mol. The molecule has 2 fully saturated rings. The van der Waals surface area contributed by atoms with Crippen LogP contribution in [0.15, 0.2) is 24.8 Å². The van der Waals surface area contributed by atoms with Gasteiger partial charge in [-0.2, -0.15) is 0 Å². The van der Waals surface area contributed by atoms with Gasteiger partial charge in [0.05, 0.1) is 15.6 Å². The van der Waals surface area contributed by atoms with Crippen LogP contribution in [-0.2, 0) is 0 Å². The summed E-state index contributed by atoms with van der Waals surface area (Å²) in [5.74, 6) is 0.307. The molecule has 2 aliphatic rings. The SMILES string of the molecule is C=CCOc1cc(Cl)c(Cl)cc1C(=O)C1[C@H]2CN(C(=O)O)C[C@@H]12. The first-order valence-corrected chi connectivity index (χ1v) is 7.94. The second-order valence-electron chi connectivity index (χ2n) is 5.77. The summed E-state index contributed by atoms with van der Waals surface area (Å²) in [6.07, 6.45) is 0.640. The topological polar surface area (TPSA) is 66.8 Å². The zero-order valence-electron chi connectivity index (χ0n) is 12.2. The Balaban J connectivity index is 1.80. The number of hydrogen-bond donors (Lipinski definition) is 1. The monoisotopic (exact) mass is 355 g/mol. The molecule has 0 aromatic heterocycles. The molecule has 1 saturated carbocycles. The van der Waals surface area contributed by atoms with Gasteiger partial charge in [-0.15, -0.1) is 0 Å². The molecule has 1 saturated heterocycles. The third kappa shape index (κ3) is 2.91. The molecule has 3 rings (SSSR count). The molecule has 0 radical (unpaired) electrons. The number of likely N-dealkylation sites (tertiary alicyclic amines) is 1. The van der Waals surface area contributed by atoms with Gasteiger partial charge in [-0.25, -0.2) is 4.79 Å². The van der Waals surface area contributed by atoms with Gasteiger partial charge in [-0.05, 0) is 17.9 Å². The first-order valence-electron chi connectivity index (χ1n) is 7.19. The van der Waals surface area contributed by atoms with Crippen LogP contribution in [-0.4, -0.2) is 41.6 Å². The van der Waals surface area contributed by atoms with E-state index >= 15 is 0 Å². The molecule has 1 aliphatic carbocycles. The minimum absolute atomic E-state index is 0.0670. The Morgan fingerprint density at radius 2 is 1.91 bits per heavy atom. The molecule has 1 aliphatic heterocycles. The number of ether oxygens (including phenoxy) is 1. The molecule has 5 nitrogen and oxygen atoms in total. The minimum Gasteiger partial charge on any atom is -0.489 e. The van der Waals surface area contributed by atoms with E-state index in [4.69, 9.17) is 33.0 Å². The third-order valence-electron chi connectivity index (χ3n) is 4.41. The molecule has 1 aromatic rings. The van der Waals surface area contributed by atoms with Crippen molar-refractivity contribution >= 4 is 35.1 Å². The molecule has 1 unspecified atom stereocenters. The second kappa shape index (κ2) is 6.06. The largest absolute Gasteiger partial charge is 0.489 e. The Bertz CT molecular complexity index is 679. The van der Waals surface area contributed by atoms with Crippen molar-refractivity contribution in [2.45, 2.75) is 0 Å². The van der Waals surface area contributed by atoms with Crippen LogP contribution < -0.4 is 4.74 Å². The fourth-order valence-corrected chi connectivity index (χ4v) is 3.56. The highest BCUT2D eigenvalue weighted by Crippen LogP contribution is 2.54. The quantitative estimate of drug-likeness (QED) is 0.647. The lowest BCUT2D eigenvalue weighted by Crippen LogP contribution is -2.31. The van der Waals surface area contributed by atoms with E-state index in [1.807, 2.05) is 0 Å². The van der Waals surface area contributed by atoms with Crippen molar-refractivity contribution in [3.05, 3.63) is 40.4 Å². The van der Waals surface area contributed by atoms with E-state index in [0.29, 0.717) is 34.4 Å². The number of ketones is 1. The molecular formula is C16H15Cl2NO4. The number of carboxylic acid groups (broad SMARTS) is 1. The lowest BCUT2D eigenvalue weighted by atomic mass is 10.0. The number of Topliss-reactive ketones (excluding diaryl/α,β-unsaturated/α-hetero) is 1. The fourth-order valence-electron chi connectivity index (χ4n) is 3.24. The number of nitrogens with zero attached hydrogens (tertiary/aromatic N) is 1. The van der Waals surface area contributed by atoms with E-state index < -0.39 is 6.09 Å². The van der Waals surface area contributed by atoms with Gasteiger partial charge in [0, 0.05) is 25.1 Å². The molecule has 1 N–H and O–H groups in total. The number of carbonyl (C=O) groups is 2. The van der Waals surface area contributed by atoms with E-state index in [1.165, 1.54) is 17.0 Å². The highest BCUT2D eigenvalue weighted by molar-refractivity contribution is 6.42. The zero-order valence-corrected chi connectivity index (χ0v) is 13.7. The fraction of sp³-hybridized carbons (Fsp3) is 0.375. The van der Waals surface area contributed by atoms with Crippen molar-refractivity contribution in [1.82, 2.24) is 4.90 Å². The van der Waals surface area contributed by atoms with Gasteiger partial charge < -0.3 is 14.7 Å². The lowest BCUT2D eigenvalue weighted by Gasteiger charge is -2.16. The van der Waals surface area contributed by atoms with Crippen molar-refractivity contribution in [3.8, 4) is 5.75 Å². The van der Waals surface area contributed by atoms with Gasteiger partial charge in [0.25, 0.3) is 0 Å². The Hall–Kier alpha value is -1.72. The van der Waals surface area contributed by atoms with Gasteiger partial charge in [0.15, 0.2) is 5.78 Å². The van der Waals surface area contributed by atoms with Crippen LogP contribution in [0, 0.1) is 17.8 Å². The van der Waals surface area contributed by atoms with Crippen molar-refractivity contribution in [1.29, 1.82) is 0 Å². The second-order valence-corrected chi connectivity index (χ2v) is 6.58. The van der Waals surface area contributed by atoms with Crippen LogP contribution in [0.5, 0.6) is 5.75 Å². The average Bonchev–Trinajstić information content (AvgIpc) is 3.00. The Kier molecular flexibility index (Phi) is 4.25. The molecule has 0 spiro atoms. The average molecular weight is 356 g/mol. The van der Waals surface area contributed by atoms with Gasteiger partial charge in [0.2, 0.25) is 0 Å². The van der Waals surface area contributed by atoms with Gasteiger partial charge in [0.1, 0.15) is 12.4 Å². The summed E-state index contributed by atoms with van der Waals surface area (Å²) in [6.45, 7) is 4.64. The summed E-state index contributed by atoms with van der Waals surface area (Å²) in [5.41, 5.74) is 0.391. The number of hydrogen-bond acceptors (Lipinski definition) is 3. The van der Waals surface area contributed by atoms with Gasteiger partial charge in [-0.1, -0.05) is 35.9 Å². The molecule has 7 heteroatoms. The van der Waals surface area contributed by atoms with Gasteiger partial charge >= 0.3 is 6.09 Å². The van der Waals surface area contributed by atoms with Crippen LogP contribution in [0.4, 0.5) is 4.79 Å². The maximum Gasteiger partial charge on any atom is 0.407 e. The number of amides is 1. The summed E-state index contributed by atoms with van der Waals surface area (Å²) in [4.78, 5) is 25.1. The van der Waals surface area contributed by atoms with Crippen LogP contribution >= 0.6 is 23.2 Å². The molecule has 122 valence electrons. The van der Waals surface area contributed by atoms with Crippen LogP contribution in [0.25, 0.3) is 0 Å². The number of fused-ring (bicyclic) bond motifs is 1. The highest BCUT2D eigenvalue weighted by Gasteiger charge is 2.60. The maximum absolute atomic E-state index is 12.8. The van der Waals surface area contributed by atoms with Crippen molar-refractivity contribution in [2.24, 2.45) is 17.8 Å². The smallest absolute Gasteiger partial charge is 0.407 e. The molecule has 0 bridgehead atoms. The molecule has 1 aromatic carbocycles. The molecule has 1 amide bonds.